The quantitative estimate of drug-likeness (QED) is 0.490. The van der Waals surface area contributed by atoms with Gasteiger partial charge in [-0.3, -0.25) is 14.4 Å². The summed E-state index contributed by atoms with van der Waals surface area (Å²) in [6.45, 7) is 2.63. The minimum absolute atomic E-state index is 0.0861. The van der Waals surface area contributed by atoms with Crippen LogP contribution in [0.5, 0.6) is 0 Å². The molecule has 6 nitrogen and oxygen atoms in total. The van der Waals surface area contributed by atoms with E-state index >= 15 is 0 Å². The molecule has 1 heterocycles. The number of carbonyl (C=O) groups is 3. The maximum Gasteiger partial charge on any atom is 0.225 e. The summed E-state index contributed by atoms with van der Waals surface area (Å²) in [6, 6.07) is 0. The molecule has 15 heavy (non-hydrogen) atoms. The molecule has 0 aromatic carbocycles. The summed E-state index contributed by atoms with van der Waals surface area (Å²) in [7, 11) is 0. The molecule has 1 rings (SSSR count). The summed E-state index contributed by atoms with van der Waals surface area (Å²) in [4.78, 5) is 32.8. The van der Waals surface area contributed by atoms with Gasteiger partial charge in [0.15, 0.2) is 0 Å². The minimum atomic E-state index is -0.269. The van der Waals surface area contributed by atoms with Crippen LogP contribution in [0.1, 0.15) is 13.3 Å². The van der Waals surface area contributed by atoms with Crippen LogP contribution in [0, 0.1) is 5.92 Å². The Bertz CT molecular complexity index is 278. The lowest BCUT2D eigenvalue weighted by Crippen LogP contribution is -2.37. The smallest absolute Gasteiger partial charge is 0.225 e. The topological polar surface area (TPSA) is 87.3 Å². The minimum Gasteiger partial charge on any atom is -0.355 e. The zero-order valence-electron chi connectivity index (χ0n) is 8.63. The first-order valence-electron chi connectivity index (χ1n) is 4.88. The second kappa shape index (κ2) is 5.33. The van der Waals surface area contributed by atoms with Gasteiger partial charge < -0.3 is 16.0 Å². The van der Waals surface area contributed by atoms with Gasteiger partial charge in [0.25, 0.3) is 0 Å². The van der Waals surface area contributed by atoms with Crippen molar-refractivity contribution in [3.05, 3.63) is 0 Å². The van der Waals surface area contributed by atoms with Crippen molar-refractivity contribution in [2.75, 3.05) is 19.6 Å². The Morgan fingerprint density at radius 2 is 2.07 bits per heavy atom. The monoisotopic (exact) mass is 213 g/mol. The fraction of sp³-hybridized carbons (Fsp3) is 0.667. The Morgan fingerprint density at radius 1 is 1.40 bits per heavy atom. The van der Waals surface area contributed by atoms with E-state index in [0.717, 1.165) is 0 Å². The Labute approximate surface area is 87.8 Å². The third-order valence-corrected chi connectivity index (χ3v) is 2.15. The average molecular weight is 213 g/mol. The van der Waals surface area contributed by atoms with Crippen LogP contribution in [0.4, 0.5) is 0 Å². The fourth-order valence-electron chi connectivity index (χ4n) is 1.36. The number of rotatable bonds is 4. The van der Waals surface area contributed by atoms with E-state index in [2.05, 4.69) is 16.0 Å². The highest BCUT2D eigenvalue weighted by atomic mass is 16.2. The van der Waals surface area contributed by atoms with E-state index in [1.54, 1.807) is 0 Å². The van der Waals surface area contributed by atoms with E-state index in [1.807, 2.05) is 0 Å². The molecular weight excluding hydrogens is 198 g/mol. The second-order valence-corrected chi connectivity index (χ2v) is 3.48. The molecule has 6 heteroatoms. The molecule has 1 atom stereocenters. The van der Waals surface area contributed by atoms with E-state index in [4.69, 9.17) is 0 Å². The Hall–Kier alpha value is -1.59. The van der Waals surface area contributed by atoms with Crippen LogP contribution in [0.25, 0.3) is 0 Å². The van der Waals surface area contributed by atoms with E-state index in [0.29, 0.717) is 19.6 Å². The van der Waals surface area contributed by atoms with Crippen LogP contribution in [0.2, 0.25) is 0 Å². The zero-order valence-corrected chi connectivity index (χ0v) is 8.63. The van der Waals surface area contributed by atoms with Gasteiger partial charge in [0.05, 0.1) is 5.92 Å². The van der Waals surface area contributed by atoms with Crippen LogP contribution in [0.15, 0.2) is 0 Å². The van der Waals surface area contributed by atoms with E-state index in [1.165, 1.54) is 6.92 Å². The molecule has 1 unspecified atom stereocenters. The molecule has 0 spiro atoms. The van der Waals surface area contributed by atoms with Crippen molar-refractivity contribution in [1.29, 1.82) is 0 Å². The number of carbonyl (C=O) groups excluding carboxylic acids is 3. The van der Waals surface area contributed by atoms with Crippen molar-refractivity contribution < 1.29 is 14.4 Å². The van der Waals surface area contributed by atoms with Gasteiger partial charge >= 0.3 is 0 Å². The van der Waals surface area contributed by atoms with Crippen LogP contribution in [-0.2, 0) is 14.4 Å². The van der Waals surface area contributed by atoms with Crippen molar-refractivity contribution in [1.82, 2.24) is 16.0 Å². The van der Waals surface area contributed by atoms with Gasteiger partial charge in [-0.05, 0) is 0 Å². The Morgan fingerprint density at radius 3 is 2.60 bits per heavy atom. The number of nitrogens with one attached hydrogen (secondary N) is 3. The summed E-state index contributed by atoms with van der Waals surface area (Å²) in [5.74, 6) is -0.618. The van der Waals surface area contributed by atoms with Crippen LogP contribution >= 0.6 is 0 Å². The zero-order chi connectivity index (χ0) is 11.3. The molecule has 1 aliphatic heterocycles. The van der Waals surface area contributed by atoms with Gasteiger partial charge in [0, 0.05) is 33.0 Å². The molecule has 0 aromatic rings. The highest BCUT2D eigenvalue weighted by Crippen LogP contribution is 2.07. The maximum absolute atomic E-state index is 11.4. The van der Waals surface area contributed by atoms with Gasteiger partial charge in [-0.2, -0.15) is 0 Å². The van der Waals surface area contributed by atoms with E-state index < -0.39 is 0 Å². The normalized spacial score (nSPS) is 19.5. The number of hydrogen-bond donors (Lipinski definition) is 3. The first-order valence-corrected chi connectivity index (χ1v) is 4.88. The average Bonchev–Trinajstić information content (AvgIpc) is 2.59. The molecule has 0 aliphatic carbocycles. The van der Waals surface area contributed by atoms with Gasteiger partial charge in [-0.1, -0.05) is 0 Å². The SMILES string of the molecule is CC(=O)NCCNC(=O)C1CNC(=O)C1. The molecule has 3 amide bonds. The first kappa shape index (κ1) is 11.5. The van der Waals surface area contributed by atoms with Crippen LogP contribution < -0.4 is 16.0 Å². The molecule has 1 saturated heterocycles. The van der Waals surface area contributed by atoms with E-state index in [-0.39, 0.29) is 30.1 Å². The molecule has 1 fully saturated rings. The lowest BCUT2D eigenvalue weighted by molar-refractivity contribution is -0.126. The van der Waals surface area contributed by atoms with Crippen LogP contribution in [-0.4, -0.2) is 37.4 Å². The molecule has 0 bridgehead atoms. The maximum atomic E-state index is 11.4. The molecule has 0 aromatic heterocycles. The third-order valence-electron chi connectivity index (χ3n) is 2.15. The predicted octanol–water partition coefficient (Wildman–Crippen LogP) is -1.63. The molecule has 3 N–H and O–H groups in total. The summed E-state index contributed by atoms with van der Waals surface area (Å²) in [5.41, 5.74) is 0. The Kier molecular flexibility index (Phi) is 4.08. The second-order valence-electron chi connectivity index (χ2n) is 3.48. The molecular formula is C9H15N3O3. The Balaban J connectivity index is 2.13. The van der Waals surface area contributed by atoms with Crippen molar-refractivity contribution in [2.24, 2.45) is 5.92 Å². The van der Waals surface area contributed by atoms with Gasteiger partial charge in [-0.15, -0.1) is 0 Å². The van der Waals surface area contributed by atoms with E-state index in [9.17, 15) is 14.4 Å². The van der Waals surface area contributed by atoms with Crippen molar-refractivity contribution >= 4 is 17.7 Å². The van der Waals surface area contributed by atoms with Gasteiger partial charge in [0.2, 0.25) is 17.7 Å². The highest BCUT2D eigenvalue weighted by Gasteiger charge is 2.27. The predicted molar refractivity (Wildman–Crippen MR) is 52.8 cm³/mol. The molecule has 84 valence electrons. The van der Waals surface area contributed by atoms with Gasteiger partial charge in [0.1, 0.15) is 0 Å². The lowest BCUT2D eigenvalue weighted by atomic mass is 10.1. The third kappa shape index (κ3) is 3.97. The fourth-order valence-corrected chi connectivity index (χ4v) is 1.36. The first-order chi connectivity index (χ1) is 7.09. The van der Waals surface area contributed by atoms with Crippen LogP contribution in [0.3, 0.4) is 0 Å². The largest absolute Gasteiger partial charge is 0.355 e. The molecule has 0 radical (unpaired) electrons. The number of hydrogen-bond acceptors (Lipinski definition) is 3. The number of amides is 3. The van der Waals surface area contributed by atoms with Crippen molar-refractivity contribution in [3.63, 3.8) is 0 Å². The summed E-state index contributed by atoms with van der Waals surface area (Å²) < 4.78 is 0. The molecule has 1 aliphatic rings. The molecule has 0 saturated carbocycles. The summed E-state index contributed by atoms with van der Waals surface area (Å²) >= 11 is 0. The summed E-state index contributed by atoms with van der Waals surface area (Å²) in [6.07, 6.45) is 0.256. The lowest BCUT2D eigenvalue weighted by Gasteiger charge is -2.08. The van der Waals surface area contributed by atoms with Crippen molar-refractivity contribution in [2.45, 2.75) is 13.3 Å². The van der Waals surface area contributed by atoms with Crippen molar-refractivity contribution in [3.8, 4) is 0 Å². The standard InChI is InChI=1S/C9H15N3O3/c1-6(13)10-2-3-11-9(15)7-4-8(14)12-5-7/h7H,2-5H2,1H3,(H,10,13)(H,11,15)(H,12,14). The highest BCUT2D eigenvalue weighted by molar-refractivity contribution is 5.89. The van der Waals surface area contributed by atoms with Gasteiger partial charge in [-0.25, -0.2) is 0 Å². The summed E-state index contributed by atoms with van der Waals surface area (Å²) in [5, 5.41) is 7.81.